The van der Waals surface area contributed by atoms with Crippen LogP contribution in [0.15, 0.2) is 24.4 Å². The van der Waals surface area contributed by atoms with E-state index in [0.29, 0.717) is 22.6 Å². The quantitative estimate of drug-likeness (QED) is 0.701. The largest absolute Gasteiger partial charge is 0.496 e. The number of imidazole rings is 1. The van der Waals surface area contributed by atoms with Gasteiger partial charge in [0.25, 0.3) is 0 Å². The van der Waals surface area contributed by atoms with E-state index in [-0.39, 0.29) is 12.2 Å². The standard InChI is InChI=1S/C18H19F2N3O3/c1-9-8-21-13(10(2)16(9)25-3)7-15(24)17-22-12-5-4-11(26-18(19)20)6-14(12)23-17/h4-6,8,15,18,24H,7H2,1-3H3,(H,22,23). The van der Waals surface area contributed by atoms with Gasteiger partial charge in [-0.25, -0.2) is 4.98 Å². The van der Waals surface area contributed by atoms with Gasteiger partial charge in [-0.05, 0) is 26.0 Å². The van der Waals surface area contributed by atoms with Crippen LogP contribution in [0.3, 0.4) is 0 Å². The Morgan fingerprint density at radius 1 is 1.27 bits per heavy atom. The minimum Gasteiger partial charge on any atom is -0.496 e. The van der Waals surface area contributed by atoms with E-state index in [1.165, 1.54) is 12.1 Å². The van der Waals surface area contributed by atoms with E-state index in [4.69, 9.17) is 4.74 Å². The van der Waals surface area contributed by atoms with Crippen LogP contribution < -0.4 is 9.47 Å². The van der Waals surface area contributed by atoms with Crippen molar-refractivity contribution in [2.24, 2.45) is 0 Å². The van der Waals surface area contributed by atoms with Crippen molar-refractivity contribution in [2.75, 3.05) is 7.11 Å². The lowest BCUT2D eigenvalue weighted by molar-refractivity contribution is -0.0497. The molecular formula is C18H19F2N3O3. The number of nitrogens with one attached hydrogen (secondary N) is 1. The molecule has 0 aliphatic carbocycles. The average molecular weight is 363 g/mol. The molecule has 2 heterocycles. The van der Waals surface area contributed by atoms with Crippen molar-refractivity contribution >= 4 is 11.0 Å². The molecule has 0 spiro atoms. The Morgan fingerprint density at radius 2 is 2.04 bits per heavy atom. The number of aliphatic hydroxyl groups excluding tert-OH is 1. The number of rotatable bonds is 6. The number of hydrogen-bond donors (Lipinski definition) is 2. The van der Waals surface area contributed by atoms with Crippen LogP contribution in [0.5, 0.6) is 11.5 Å². The number of hydrogen-bond acceptors (Lipinski definition) is 5. The van der Waals surface area contributed by atoms with Crippen molar-refractivity contribution in [2.45, 2.75) is 33.0 Å². The molecule has 0 aliphatic heterocycles. The fourth-order valence-electron chi connectivity index (χ4n) is 2.90. The number of alkyl halides is 2. The van der Waals surface area contributed by atoms with Crippen molar-refractivity contribution < 1.29 is 23.4 Å². The second kappa shape index (κ2) is 7.25. The van der Waals surface area contributed by atoms with Gasteiger partial charge in [0.2, 0.25) is 0 Å². The number of halogens is 2. The summed E-state index contributed by atoms with van der Waals surface area (Å²) in [6.07, 6.45) is 1.00. The molecule has 0 fully saturated rings. The Morgan fingerprint density at radius 3 is 2.73 bits per heavy atom. The summed E-state index contributed by atoms with van der Waals surface area (Å²) in [5, 5.41) is 10.5. The van der Waals surface area contributed by atoms with Gasteiger partial charge in [-0.1, -0.05) is 0 Å². The maximum Gasteiger partial charge on any atom is 0.387 e. The van der Waals surface area contributed by atoms with E-state index in [9.17, 15) is 13.9 Å². The second-order valence-corrected chi connectivity index (χ2v) is 5.95. The highest BCUT2D eigenvalue weighted by Crippen LogP contribution is 2.28. The monoisotopic (exact) mass is 363 g/mol. The number of aliphatic hydroxyl groups is 1. The SMILES string of the molecule is COc1c(C)cnc(CC(O)c2nc3ccc(OC(F)F)cc3[nH]2)c1C. The number of ether oxygens (including phenoxy) is 2. The molecule has 1 aromatic carbocycles. The molecule has 138 valence electrons. The van der Waals surface area contributed by atoms with Gasteiger partial charge in [0.15, 0.2) is 0 Å². The van der Waals surface area contributed by atoms with Crippen LogP contribution in [0.25, 0.3) is 11.0 Å². The highest BCUT2D eigenvalue weighted by molar-refractivity contribution is 5.76. The van der Waals surface area contributed by atoms with E-state index in [1.54, 1.807) is 19.4 Å². The first-order valence-corrected chi connectivity index (χ1v) is 8.00. The summed E-state index contributed by atoms with van der Waals surface area (Å²) in [5.41, 5.74) is 3.52. The van der Waals surface area contributed by atoms with Gasteiger partial charge >= 0.3 is 6.61 Å². The minimum absolute atomic E-state index is 0.0259. The molecule has 0 saturated carbocycles. The molecule has 3 aromatic rings. The van der Waals surface area contributed by atoms with Crippen molar-refractivity contribution in [1.29, 1.82) is 0 Å². The van der Waals surface area contributed by atoms with Crippen molar-refractivity contribution in [3.63, 3.8) is 0 Å². The normalized spacial score (nSPS) is 12.6. The topological polar surface area (TPSA) is 80.3 Å². The maximum atomic E-state index is 12.3. The smallest absolute Gasteiger partial charge is 0.387 e. The summed E-state index contributed by atoms with van der Waals surface area (Å²) in [6.45, 7) is 0.885. The minimum atomic E-state index is -2.90. The molecular weight excluding hydrogens is 344 g/mol. The number of aromatic nitrogens is 3. The van der Waals surface area contributed by atoms with Gasteiger partial charge in [0.1, 0.15) is 23.4 Å². The lowest BCUT2D eigenvalue weighted by Crippen LogP contribution is -2.08. The average Bonchev–Trinajstić information content (AvgIpc) is 3.01. The van der Waals surface area contributed by atoms with Crippen LogP contribution in [-0.4, -0.2) is 33.8 Å². The molecule has 26 heavy (non-hydrogen) atoms. The summed E-state index contributed by atoms with van der Waals surface area (Å²) in [6, 6.07) is 4.38. The molecule has 0 radical (unpaired) electrons. The van der Waals surface area contributed by atoms with Crippen molar-refractivity contribution in [3.8, 4) is 11.5 Å². The van der Waals surface area contributed by atoms with Gasteiger partial charge in [0.05, 0.1) is 18.1 Å². The summed E-state index contributed by atoms with van der Waals surface area (Å²) in [5.74, 6) is 1.09. The van der Waals surface area contributed by atoms with E-state index >= 15 is 0 Å². The number of H-pyrrole nitrogens is 1. The molecule has 1 atom stereocenters. The Hall–Kier alpha value is -2.74. The van der Waals surface area contributed by atoms with E-state index in [1.807, 2.05) is 13.8 Å². The number of pyridine rings is 1. The Kier molecular flexibility index (Phi) is 5.03. The van der Waals surface area contributed by atoms with Crippen LogP contribution in [0, 0.1) is 13.8 Å². The first-order chi connectivity index (χ1) is 12.4. The van der Waals surface area contributed by atoms with Crippen LogP contribution in [0.4, 0.5) is 8.78 Å². The first kappa shape index (κ1) is 18.1. The third-order valence-corrected chi connectivity index (χ3v) is 4.15. The zero-order valence-corrected chi connectivity index (χ0v) is 14.6. The number of benzene rings is 1. The lowest BCUT2D eigenvalue weighted by Gasteiger charge is -2.14. The van der Waals surface area contributed by atoms with Crippen LogP contribution in [0.1, 0.15) is 28.7 Å². The highest BCUT2D eigenvalue weighted by atomic mass is 19.3. The van der Waals surface area contributed by atoms with Gasteiger partial charge in [-0.15, -0.1) is 0 Å². The van der Waals surface area contributed by atoms with Crippen LogP contribution in [-0.2, 0) is 6.42 Å². The molecule has 2 N–H and O–H groups in total. The summed E-state index contributed by atoms with van der Waals surface area (Å²) in [4.78, 5) is 11.6. The van der Waals surface area contributed by atoms with Gasteiger partial charge in [0, 0.05) is 35.5 Å². The van der Waals surface area contributed by atoms with Crippen molar-refractivity contribution in [1.82, 2.24) is 15.0 Å². The summed E-state index contributed by atoms with van der Waals surface area (Å²) >= 11 is 0. The van der Waals surface area contributed by atoms with E-state index in [0.717, 1.165) is 16.9 Å². The van der Waals surface area contributed by atoms with E-state index < -0.39 is 12.7 Å². The lowest BCUT2D eigenvalue weighted by atomic mass is 10.1. The Balaban J connectivity index is 1.85. The maximum absolute atomic E-state index is 12.3. The van der Waals surface area contributed by atoms with Gasteiger partial charge in [-0.2, -0.15) is 8.78 Å². The molecule has 0 aliphatic rings. The number of nitrogens with zero attached hydrogens (tertiary/aromatic N) is 2. The first-order valence-electron chi connectivity index (χ1n) is 8.00. The van der Waals surface area contributed by atoms with Crippen LogP contribution >= 0.6 is 0 Å². The third kappa shape index (κ3) is 3.60. The van der Waals surface area contributed by atoms with Crippen molar-refractivity contribution in [3.05, 3.63) is 47.0 Å². The Bertz CT molecular complexity index is 927. The molecule has 1 unspecified atom stereocenters. The molecule has 0 saturated heterocycles. The summed E-state index contributed by atoms with van der Waals surface area (Å²) in [7, 11) is 1.59. The van der Waals surface area contributed by atoms with Gasteiger partial charge in [-0.3, -0.25) is 4.98 Å². The zero-order chi connectivity index (χ0) is 18.8. The second-order valence-electron chi connectivity index (χ2n) is 5.95. The molecule has 2 aromatic heterocycles. The molecule has 6 nitrogen and oxygen atoms in total. The fraction of sp³-hybridized carbons (Fsp3) is 0.333. The Labute approximate surface area is 148 Å². The van der Waals surface area contributed by atoms with Gasteiger partial charge < -0.3 is 19.6 Å². The summed E-state index contributed by atoms with van der Waals surface area (Å²) < 4.78 is 34.4. The zero-order valence-electron chi connectivity index (χ0n) is 14.6. The fourth-order valence-corrected chi connectivity index (χ4v) is 2.90. The molecule has 8 heteroatoms. The number of methoxy groups -OCH3 is 1. The predicted octanol–water partition coefficient (Wildman–Crippen LogP) is 3.46. The molecule has 0 amide bonds. The van der Waals surface area contributed by atoms with Crippen LogP contribution in [0.2, 0.25) is 0 Å². The number of aromatic amines is 1. The molecule has 0 bridgehead atoms. The number of aryl methyl sites for hydroxylation is 1. The highest BCUT2D eigenvalue weighted by Gasteiger charge is 2.18. The predicted molar refractivity (Wildman–Crippen MR) is 91.7 cm³/mol. The van der Waals surface area contributed by atoms with E-state index in [2.05, 4.69) is 19.7 Å². The third-order valence-electron chi connectivity index (χ3n) is 4.15. The number of fused-ring (bicyclic) bond motifs is 1. The molecule has 3 rings (SSSR count).